The van der Waals surface area contributed by atoms with Crippen LogP contribution in [0.4, 0.5) is 0 Å². The maximum atomic E-state index is 12.9. The van der Waals surface area contributed by atoms with Crippen LogP contribution in [0.5, 0.6) is 0 Å². The number of hydrogen-bond acceptors (Lipinski definition) is 4. The predicted molar refractivity (Wildman–Crippen MR) is 105 cm³/mol. The molecule has 1 unspecified atom stereocenters. The molecule has 5 nitrogen and oxygen atoms in total. The Morgan fingerprint density at radius 3 is 2.67 bits per heavy atom. The molecule has 0 aliphatic rings. The molecule has 3 rings (SSSR count). The second kappa shape index (κ2) is 7.94. The lowest BCUT2D eigenvalue weighted by atomic mass is 10.2. The summed E-state index contributed by atoms with van der Waals surface area (Å²) in [5.74, 6) is 5.24. The van der Waals surface area contributed by atoms with E-state index >= 15 is 0 Å². The number of hydrogen-bond donors (Lipinski definition) is 0. The Labute approximate surface area is 158 Å². The fraction of sp³-hybridized carbons (Fsp3) is 0.0952. The Bertz CT molecular complexity index is 1170. The van der Waals surface area contributed by atoms with Gasteiger partial charge in [0, 0.05) is 35.3 Å². The van der Waals surface area contributed by atoms with E-state index in [4.69, 9.17) is 0 Å². The molecule has 0 fully saturated rings. The molecule has 0 N–H and O–H groups in total. The lowest BCUT2D eigenvalue weighted by Gasteiger charge is -2.05. The van der Waals surface area contributed by atoms with Gasteiger partial charge in [-0.1, -0.05) is 24.1 Å². The molecule has 6 heteroatoms. The minimum Gasteiger partial charge on any atom is -0.266 e. The Kier molecular flexibility index (Phi) is 5.43. The predicted octanol–water partition coefficient (Wildman–Crippen LogP) is 3.48. The van der Waals surface area contributed by atoms with E-state index in [1.807, 2.05) is 25.1 Å². The fourth-order valence-corrected chi connectivity index (χ4v) is 3.58. The highest BCUT2D eigenvalue weighted by molar-refractivity contribution is 7.93. The first-order valence-corrected chi connectivity index (χ1v) is 10.1. The summed E-state index contributed by atoms with van der Waals surface area (Å²) in [7, 11) is -2.85. The number of rotatable bonds is 2. The number of benzene rings is 1. The number of aryl methyl sites for hydroxylation is 1. The minimum atomic E-state index is -2.85. The number of pyridine rings is 2. The number of amides is 1. The third-order valence-corrected chi connectivity index (χ3v) is 5.31. The van der Waals surface area contributed by atoms with E-state index in [2.05, 4.69) is 26.2 Å². The summed E-state index contributed by atoms with van der Waals surface area (Å²) in [6.07, 6.45) is 6.06. The smallest absolute Gasteiger partial charge is 0.266 e. The summed E-state index contributed by atoms with van der Waals surface area (Å²) in [6.45, 7) is 1.90. The molecule has 2 heterocycles. The molecule has 0 aliphatic heterocycles. The Morgan fingerprint density at radius 2 is 1.93 bits per heavy atom. The van der Waals surface area contributed by atoms with Crippen molar-refractivity contribution in [2.45, 2.75) is 11.8 Å². The molecular weight excluding hydrogens is 358 g/mol. The van der Waals surface area contributed by atoms with E-state index < -0.39 is 15.6 Å². The molecule has 3 aromatic rings. The molecule has 134 valence electrons. The third kappa shape index (κ3) is 4.87. The first-order chi connectivity index (χ1) is 12.9. The van der Waals surface area contributed by atoms with Gasteiger partial charge in [0.25, 0.3) is 5.91 Å². The molecule has 0 saturated carbocycles. The maximum Gasteiger partial charge on any atom is 0.286 e. The van der Waals surface area contributed by atoms with Gasteiger partial charge in [-0.15, -0.1) is 0 Å². The van der Waals surface area contributed by atoms with E-state index in [1.54, 1.807) is 42.7 Å². The van der Waals surface area contributed by atoms with Crippen LogP contribution in [0.3, 0.4) is 0 Å². The first kappa shape index (κ1) is 18.5. The van der Waals surface area contributed by atoms with Gasteiger partial charge in [-0.2, -0.15) is 4.36 Å². The molecule has 2 aromatic heterocycles. The summed E-state index contributed by atoms with van der Waals surface area (Å²) >= 11 is 0. The molecule has 1 amide bonds. The van der Waals surface area contributed by atoms with E-state index in [0.29, 0.717) is 16.2 Å². The second-order valence-corrected chi connectivity index (χ2v) is 8.20. The van der Waals surface area contributed by atoms with Gasteiger partial charge in [0.15, 0.2) is 0 Å². The lowest BCUT2D eigenvalue weighted by Crippen LogP contribution is -2.04. The molecule has 1 atom stereocenters. The van der Waals surface area contributed by atoms with Crippen LogP contribution in [-0.4, -0.2) is 26.3 Å². The van der Waals surface area contributed by atoms with E-state index in [-0.39, 0.29) is 5.56 Å². The average molecular weight is 375 g/mol. The van der Waals surface area contributed by atoms with Crippen molar-refractivity contribution in [2.24, 2.45) is 4.36 Å². The monoisotopic (exact) mass is 375 g/mol. The molecule has 0 saturated heterocycles. The Morgan fingerprint density at radius 1 is 1.07 bits per heavy atom. The highest BCUT2D eigenvalue weighted by atomic mass is 32.2. The minimum absolute atomic E-state index is 0.241. The summed E-state index contributed by atoms with van der Waals surface area (Å²) in [5, 5.41) is 0. The molecule has 1 aromatic carbocycles. The summed E-state index contributed by atoms with van der Waals surface area (Å²) in [5.41, 5.74) is 2.37. The van der Waals surface area contributed by atoms with E-state index in [1.165, 1.54) is 12.5 Å². The highest BCUT2D eigenvalue weighted by Crippen LogP contribution is 2.15. The highest BCUT2D eigenvalue weighted by Gasteiger charge is 2.12. The number of carbonyl (C=O) groups excluding carboxylic acids is 1. The summed E-state index contributed by atoms with van der Waals surface area (Å²) in [6, 6.07) is 14.2. The van der Waals surface area contributed by atoms with Gasteiger partial charge < -0.3 is 0 Å². The van der Waals surface area contributed by atoms with Crippen molar-refractivity contribution < 1.29 is 9.00 Å². The Balaban J connectivity index is 1.90. The summed E-state index contributed by atoms with van der Waals surface area (Å²) < 4.78 is 16.8. The molecule has 27 heavy (non-hydrogen) atoms. The van der Waals surface area contributed by atoms with Crippen LogP contribution in [0.15, 0.2) is 76.4 Å². The Hall–Kier alpha value is -3.30. The maximum absolute atomic E-state index is 12.9. The average Bonchev–Trinajstić information content (AvgIpc) is 2.67. The zero-order chi connectivity index (χ0) is 19.3. The van der Waals surface area contributed by atoms with Crippen LogP contribution < -0.4 is 0 Å². The largest absolute Gasteiger partial charge is 0.286 e. The van der Waals surface area contributed by atoms with Crippen molar-refractivity contribution in [3.8, 4) is 11.8 Å². The van der Waals surface area contributed by atoms with Crippen molar-refractivity contribution in [1.82, 2.24) is 9.97 Å². The van der Waals surface area contributed by atoms with Gasteiger partial charge >= 0.3 is 0 Å². The van der Waals surface area contributed by atoms with Crippen molar-refractivity contribution in [3.63, 3.8) is 0 Å². The zero-order valence-electron chi connectivity index (χ0n) is 14.9. The normalized spacial score (nSPS) is 12.4. The number of aromatic nitrogens is 2. The third-order valence-electron chi connectivity index (χ3n) is 3.67. The molecule has 0 bridgehead atoms. The van der Waals surface area contributed by atoms with Crippen molar-refractivity contribution in [1.29, 1.82) is 0 Å². The number of nitrogens with zero attached hydrogens (tertiary/aromatic N) is 3. The van der Waals surface area contributed by atoms with Gasteiger partial charge in [0.2, 0.25) is 0 Å². The van der Waals surface area contributed by atoms with Gasteiger partial charge in [0.05, 0.1) is 15.3 Å². The SMILES string of the molecule is Cc1cccc(S(C)(=O)=NC(=O)c2cncc(C#Cc3ccccn3)c2)c1. The van der Waals surface area contributed by atoms with Gasteiger partial charge in [-0.3, -0.25) is 9.78 Å². The molecule has 0 radical (unpaired) electrons. The van der Waals surface area contributed by atoms with Crippen molar-refractivity contribution in [2.75, 3.05) is 6.26 Å². The standard InChI is InChI=1S/C21H17N3O2S/c1-16-6-5-8-20(12-16)27(2,26)24-21(25)18-13-17(14-22-15-18)9-10-19-7-3-4-11-23-19/h3-8,11-15H,1-2H3. The number of carbonyl (C=O) groups is 1. The fourth-order valence-electron chi connectivity index (χ4n) is 2.31. The molecular formula is C21H17N3O2S. The zero-order valence-corrected chi connectivity index (χ0v) is 15.7. The first-order valence-electron chi connectivity index (χ1n) is 8.15. The molecule has 0 aliphatic carbocycles. The topological polar surface area (TPSA) is 72.3 Å². The van der Waals surface area contributed by atoms with Crippen LogP contribution >= 0.6 is 0 Å². The lowest BCUT2D eigenvalue weighted by molar-refractivity contribution is 0.100. The van der Waals surface area contributed by atoms with Crippen LogP contribution in [0.2, 0.25) is 0 Å². The van der Waals surface area contributed by atoms with E-state index in [9.17, 15) is 9.00 Å². The van der Waals surface area contributed by atoms with Crippen LogP contribution in [-0.2, 0) is 9.73 Å². The van der Waals surface area contributed by atoms with E-state index in [0.717, 1.165) is 5.56 Å². The van der Waals surface area contributed by atoms with Crippen LogP contribution in [0.25, 0.3) is 0 Å². The van der Waals surface area contributed by atoms with Crippen molar-refractivity contribution >= 4 is 15.6 Å². The van der Waals surface area contributed by atoms with Gasteiger partial charge in [-0.25, -0.2) is 9.19 Å². The quantitative estimate of drug-likeness (QED) is 0.643. The molecule has 0 spiro atoms. The van der Waals surface area contributed by atoms with Gasteiger partial charge in [-0.05, 0) is 48.7 Å². The van der Waals surface area contributed by atoms with Crippen molar-refractivity contribution in [3.05, 3.63) is 89.5 Å². The van der Waals surface area contributed by atoms with Crippen LogP contribution in [0.1, 0.15) is 27.2 Å². The van der Waals surface area contributed by atoms with Gasteiger partial charge in [0.1, 0.15) is 5.69 Å². The van der Waals surface area contributed by atoms with Crippen LogP contribution in [0, 0.1) is 18.8 Å². The summed E-state index contributed by atoms with van der Waals surface area (Å²) in [4.78, 5) is 21.2. The second-order valence-electron chi connectivity index (χ2n) is 5.94.